The fourth-order valence-corrected chi connectivity index (χ4v) is 0.622. The number of oxazole rings is 1. The van der Waals surface area contributed by atoms with Crippen molar-refractivity contribution < 1.29 is 9.21 Å². The maximum atomic E-state index is 10.3. The summed E-state index contributed by atoms with van der Waals surface area (Å²) in [5.41, 5.74) is 4.81. The smallest absolute Gasteiger partial charge is 0.304 e. The van der Waals surface area contributed by atoms with Crippen LogP contribution in [0.15, 0.2) is 15.3 Å². The van der Waals surface area contributed by atoms with E-state index in [2.05, 4.69) is 25.3 Å². The highest BCUT2D eigenvalue weighted by molar-refractivity contribution is 9.10. The van der Waals surface area contributed by atoms with Crippen LogP contribution in [0.3, 0.4) is 0 Å². The van der Waals surface area contributed by atoms with Gasteiger partial charge in [0.05, 0.1) is 0 Å². The molecule has 0 aliphatic rings. The number of rotatable bonds is 1. The first kappa shape index (κ1) is 6.28. The van der Waals surface area contributed by atoms with Crippen LogP contribution in [0.5, 0.6) is 0 Å². The normalized spacial score (nSPS) is 9.44. The Labute approximate surface area is 59.2 Å². The number of nitrogens with zero attached hydrogens (tertiary/aromatic N) is 1. The van der Waals surface area contributed by atoms with E-state index in [0.717, 1.165) is 0 Å². The second kappa shape index (κ2) is 2.18. The Bertz CT molecular complexity index is 232. The van der Waals surface area contributed by atoms with E-state index in [-0.39, 0.29) is 5.89 Å². The van der Waals surface area contributed by atoms with Gasteiger partial charge in [-0.25, -0.2) is 0 Å². The maximum Gasteiger partial charge on any atom is 0.304 e. The SMILES string of the molecule is NC(=O)c1nc(Br)co1. The van der Waals surface area contributed by atoms with Crippen LogP contribution in [0.25, 0.3) is 0 Å². The fourth-order valence-electron chi connectivity index (χ4n) is 0.367. The van der Waals surface area contributed by atoms with Crippen LogP contribution in [0.4, 0.5) is 0 Å². The lowest BCUT2D eigenvalue weighted by molar-refractivity contribution is 0.0967. The van der Waals surface area contributed by atoms with E-state index in [4.69, 9.17) is 5.73 Å². The average molecular weight is 191 g/mol. The molecule has 0 unspecified atom stereocenters. The van der Waals surface area contributed by atoms with Gasteiger partial charge in [-0.2, -0.15) is 4.98 Å². The molecule has 4 nitrogen and oxygen atoms in total. The quantitative estimate of drug-likeness (QED) is 0.703. The Kier molecular flexibility index (Phi) is 1.52. The van der Waals surface area contributed by atoms with Crippen LogP contribution < -0.4 is 5.73 Å². The van der Waals surface area contributed by atoms with Gasteiger partial charge in [0.1, 0.15) is 10.9 Å². The summed E-state index contributed by atoms with van der Waals surface area (Å²) in [6.45, 7) is 0. The minimum atomic E-state index is -0.666. The molecule has 0 aliphatic carbocycles. The summed E-state index contributed by atoms with van der Waals surface area (Å²) in [7, 11) is 0. The molecule has 0 aromatic carbocycles. The molecule has 0 fully saturated rings. The van der Waals surface area contributed by atoms with Crippen LogP contribution in [0.2, 0.25) is 0 Å². The third-order valence-corrected chi connectivity index (χ3v) is 1.05. The lowest BCUT2D eigenvalue weighted by Gasteiger charge is -1.78. The van der Waals surface area contributed by atoms with Crippen LogP contribution >= 0.6 is 15.9 Å². The van der Waals surface area contributed by atoms with Gasteiger partial charge in [0.2, 0.25) is 0 Å². The number of halogens is 1. The predicted molar refractivity (Wildman–Crippen MR) is 32.7 cm³/mol. The summed E-state index contributed by atoms with van der Waals surface area (Å²) in [4.78, 5) is 13.8. The monoisotopic (exact) mass is 190 g/mol. The van der Waals surface area contributed by atoms with E-state index in [1.165, 1.54) is 6.26 Å². The third-order valence-electron chi connectivity index (χ3n) is 0.687. The summed E-state index contributed by atoms with van der Waals surface area (Å²) in [5, 5.41) is 0. The number of carbonyl (C=O) groups is 1. The van der Waals surface area contributed by atoms with Gasteiger partial charge in [0.15, 0.2) is 0 Å². The van der Waals surface area contributed by atoms with Crippen molar-refractivity contribution in [2.75, 3.05) is 0 Å². The van der Waals surface area contributed by atoms with Crippen molar-refractivity contribution in [3.8, 4) is 0 Å². The minimum absolute atomic E-state index is 0.0816. The van der Waals surface area contributed by atoms with Crippen molar-refractivity contribution in [2.45, 2.75) is 0 Å². The highest BCUT2D eigenvalue weighted by Gasteiger charge is 2.05. The molecule has 1 aromatic heterocycles. The Balaban J connectivity index is 2.98. The van der Waals surface area contributed by atoms with Crippen molar-refractivity contribution in [1.82, 2.24) is 4.98 Å². The number of hydrogen-bond acceptors (Lipinski definition) is 3. The molecule has 0 bridgehead atoms. The van der Waals surface area contributed by atoms with E-state index in [1.807, 2.05) is 0 Å². The summed E-state index contributed by atoms with van der Waals surface area (Å²) >= 11 is 2.99. The van der Waals surface area contributed by atoms with Gasteiger partial charge in [-0.1, -0.05) is 0 Å². The van der Waals surface area contributed by atoms with Crippen LogP contribution in [-0.2, 0) is 0 Å². The number of nitrogens with two attached hydrogens (primary N) is 1. The largest absolute Gasteiger partial charge is 0.440 e. The van der Waals surface area contributed by atoms with Gasteiger partial charge in [-0.15, -0.1) is 0 Å². The van der Waals surface area contributed by atoms with E-state index in [0.29, 0.717) is 4.60 Å². The van der Waals surface area contributed by atoms with E-state index < -0.39 is 5.91 Å². The molecule has 9 heavy (non-hydrogen) atoms. The molecule has 0 spiro atoms. The average Bonchev–Trinajstić information content (AvgIpc) is 2.14. The van der Waals surface area contributed by atoms with Gasteiger partial charge in [0.25, 0.3) is 5.89 Å². The van der Waals surface area contributed by atoms with Gasteiger partial charge in [-0.05, 0) is 15.9 Å². The maximum absolute atomic E-state index is 10.3. The molecule has 1 heterocycles. The molecular formula is C4H3BrN2O2. The molecule has 0 radical (unpaired) electrons. The zero-order valence-corrected chi connectivity index (χ0v) is 5.88. The predicted octanol–water partition coefficient (Wildman–Crippen LogP) is 0.536. The molecule has 0 saturated heterocycles. The van der Waals surface area contributed by atoms with E-state index >= 15 is 0 Å². The summed E-state index contributed by atoms with van der Waals surface area (Å²) in [6.07, 6.45) is 1.29. The van der Waals surface area contributed by atoms with Crippen LogP contribution in [0, 0.1) is 0 Å². The molecule has 1 aromatic rings. The van der Waals surface area contributed by atoms with Crippen molar-refractivity contribution in [1.29, 1.82) is 0 Å². The third kappa shape index (κ3) is 1.29. The van der Waals surface area contributed by atoms with Crippen LogP contribution in [0.1, 0.15) is 10.7 Å². The zero-order valence-electron chi connectivity index (χ0n) is 4.30. The zero-order chi connectivity index (χ0) is 6.85. The van der Waals surface area contributed by atoms with Gasteiger partial charge in [-0.3, -0.25) is 4.79 Å². The molecular weight excluding hydrogens is 188 g/mol. The van der Waals surface area contributed by atoms with Crippen LogP contribution in [-0.4, -0.2) is 10.9 Å². The van der Waals surface area contributed by atoms with Gasteiger partial charge < -0.3 is 10.2 Å². The van der Waals surface area contributed by atoms with Crippen molar-refractivity contribution in [3.05, 3.63) is 16.8 Å². The van der Waals surface area contributed by atoms with Crippen molar-refractivity contribution in [2.24, 2.45) is 5.73 Å². The fraction of sp³-hybridized carbons (Fsp3) is 0. The molecule has 1 rings (SSSR count). The second-order valence-corrected chi connectivity index (χ2v) is 2.15. The summed E-state index contributed by atoms with van der Waals surface area (Å²) in [6, 6.07) is 0. The first-order valence-electron chi connectivity index (χ1n) is 2.11. The number of hydrogen-bond donors (Lipinski definition) is 1. The molecule has 1 amide bonds. The molecule has 0 aliphatic heterocycles. The lowest BCUT2D eigenvalue weighted by Crippen LogP contribution is -2.10. The molecule has 48 valence electrons. The van der Waals surface area contributed by atoms with Gasteiger partial charge >= 0.3 is 5.91 Å². The number of amides is 1. The Morgan fingerprint density at radius 2 is 2.56 bits per heavy atom. The number of aromatic nitrogens is 1. The standard InChI is InChI=1S/C4H3BrN2O2/c5-2-1-9-4(7-2)3(6)8/h1H,(H2,6,8). The summed E-state index contributed by atoms with van der Waals surface area (Å²) in [5.74, 6) is -0.748. The first-order chi connectivity index (χ1) is 4.20. The molecule has 5 heteroatoms. The van der Waals surface area contributed by atoms with Crippen molar-refractivity contribution in [3.63, 3.8) is 0 Å². The first-order valence-corrected chi connectivity index (χ1v) is 2.90. The Morgan fingerprint density at radius 3 is 2.78 bits per heavy atom. The highest BCUT2D eigenvalue weighted by atomic mass is 79.9. The molecule has 0 atom stereocenters. The lowest BCUT2D eigenvalue weighted by atomic mass is 10.6. The molecule has 2 N–H and O–H groups in total. The van der Waals surface area contributed by atoms with E-state index in [1.54, 1.807) is 0 Å². The van der Waals surface area contributed by atoms with E-state index in [9.17, 15) is 4.79 Å². The topological polar surface area (TPSA) is 69.1 Å². The number of carbonyl (C=O) groups excluding carboxylic acids is 1. The van der Waals surface area contributed by atoms with Crippen molar-refractivity contribution >= 4 is 21.8 Å². The Hall–Kier alpha value is -0.840. The second-order valence-electron chi connectivity index (χ2n) is 1.34. The molecule has 0 saturated carbocycles. The van der Waals surface area contributed by atoms with Gasteiger partial charge in [0, 0.05) is 0 Å². The Morgan fingerprint density at radius 1 is 1.89 bits per heavy atom. The number of primary amides is 1. The summed E-state index contributed by atoms with van der Waals surface area (Å²) < 4.78 is 5.06. The highest BCUT2D eigenvalue weighted by Crippen LogP contribution is 2.07. The minimum Gasteiger partial charge on any atom is -0.440 e.